The summed E-state index contributed by atoms with van der Waals surface area (Å²) in [5, 5.41) is 19.9. The molecule has 0 radical (unpaired) electrons. The Labute approximate surface area is 138 Å². The highest BCUT2D eigenvalue weighted by atomic mass is 32.2. The number of hydrogen-bond donors (Lipinski definition) is 4. The van der Waals surface area contributed by atoms with E-state index in [9.17, 15) is 13.2 Å². The van der Waals surface area contributed by atoms with Crippen LogP contribution in [0.2, 0.25) is 0 Å². The molecule has 9 heteroatoms. The summed E-state index contributed by atoms with van der Waals surface area (Å²) in [6.45, 7) is 0. The van der Waals surface area contributed by atoms with Gasteiger partial charge in [-0.1, -0.05) is 6.07 Å². The van der Waals surface area contributed by atoms with Gasteiger partial charge in [0, 0.05) is 11.4 Å². The quantitative estimate of drug-likeness (QED) is 0.620. The Balaban J connectivity index is 2.05. The Morgan fingerprint density at radius 3 is 2.22 bits per heavy atom. The van der Waals surface area contributed by atoms with E-state index >= 15 is 0 Å². The SMILES string of the molecule is NS(=O)(=O)c1ccc(NC(=S)Nc2cccc(C(=O)O)c2)cc1. The van der Waals surface area contributed by atoms with E-state index in [1.165, 1.54) is 36.4 Å². The third-order valence-corrected chi connectivity index (χ3v) is 3.94. The number of nitrogens with one attached hydrogen (secondary N) is 2. The number of sulfonamides is 1. The van der Waals surface area contributed by atoms with Gasteiger partial charge in [0.2, 0.25) is 10.0 Å². The van der Waals surface area contributed by atoms with Gasteiger partial charge in [-0.15, -0.1) is 0 Å². The molecule has 2 aromatic rings. The summed E-state index contributed by atoms with van der Waals surface area (Å²) in [6, 6.07) is 11.9. The minimum absolute atomic E-state index is 0.00362. The topological polar surface area (TPSA) is 122 Å². The molecule has 23 heavy (non-hydrogen) atoms. The smallest absolute Gasteiger partial charge is 0.335 e. The van der Waals surface area contributed by atoms with Crippen LogP contribution in [0.3, 0.4) is 0 Å². The molecule has 0 atom stereocenters. The van der Waals surface area contributed by atoms with E-state index in [2.05, 4.69) is 10.6 Å². The van der Waals surface area contributed by atoms with Gasteiger partial charge in [-0.2, -0.15) is 0 Å². The monoisotopic (exact) mass is 351 g/mol. The summed E-state index contributed by atoms with van der Waals surface area (Å²) >= 11 is 5.12. The maximum Gasteiger partial charge on any atom is 0.335 e. The van der Waals surface area contributed by atoms with Gasteiger partial charge in [0.15, 0.2) is 5.11 Å². The van der Waals surface area contributed by atoms with Crippen molar-refractivity contribution in [2.24, 2.45) is 5.14 Å². The Morgan fingerprint density at radius 1 is 1.04 bits per heavy atom. The van der Waals surface area contributed by atoms with Crippen LogP contribution in [-0.4, -0.2) is 24.6 Å². The summed E-state index contributed by atoms with van der Waals surface area (Å²) in [6.07, 6.45) is 0. The average molecular weight is 351 g/mol. The number of nitrogens with two attached hydrogens (primary N) is 1. The number of hydrogen-bond acceptors (Lipinski definition) is 4. The Hall–Kier alpha value is -2.49. The van der Waals surface area contributed by atoms with Gasteiger partial charge in [0.1, 0.15) is 0 Å². The molecule has 0 aliphatic rings. The highest BCUT2D eigenvalue weighted by molar-refractivity contribution is 7.89. The van der Waals surface area contributed by atoms with Crippen molar-refractivity contribution < 1.29 is 18.3 Å². The van der Waals surface area contributed by atoms with E-state index in [1.807, 2.05) is 0 Å². The number of thiocarbonyl (C=S) groups is 1. The molecular formula is C14H13N3O4S2. The van der Waals surface area contributed by atoms with Crippen molar-refractivity contribution in [1.82, 2.24) is 0 Å². The van der Waals surface area contributed by atoms with Crippen LogP contribution in [0, 0.1) is 0 Å². The van der Waals surface area contributed by atoms with Crippen LogP contribution in [0.5, 0.6) is 0 Å². The number of carbonyl (C=O) groups is 1. The van der Waals surface area contributed by atoms with Gasteiger partial charge in [-0.05, 0) is 54.7 Å². The zero-order valence-electron chi connectivity index (χ0n) is 11.7. The molecule has 0 saturated heterocycles. The molecule has 0 unspecified atom stereocenters. The van der Waals surface area contributed by atoms with Crippen molar-refractivity contribution in [1.29, 1.82) is 0 Å². The van der Waals surface area contributed by atoms with E-state index in [0.717, 1.165) is 0 Å². The van der Waals surface area contributed by atoms with E-state index in [-0.39, 0.29) is 15.6 Å². The molecule has 0 aromatic heterocycles. The molecular weight excluding hydrogens is 338 g/mol. The molecule has 120 valence electrons. The largest absolute Gasteiger partial charge is 0.478 e. The number of carboxylic acids is 1. The summed E-state index contributed by atoms with van der Waals surface area (Å²) in [4.78, 5) is 10.9. The number of carboxylic acid groups (broad SMARTS) is 1. The van der Waals surface area contributed by atoms with Crippen molar-refractivity contribution in [3.8, 4) is 0 Å². The number of anilines is 2. The summed E-state index contributed by atoms with van der Waals surface area (Å²) < 4.78 is 22.3. The fraction of sp³-hybridized carbons (Fsp3) is 0. The number of primary sulfonamides is 1. The molecule has 0 aliphatic heterocycles. The Bertz CT molecular complexity index is 849. The first-order valence-electron chi connectivity index (χ1n) is 6.30. The van der Waals surface area contributed by atoms with Crippen LogP contribution in [0.15, 0.2) is 53.4 Å². The van der Waals surface area contributed by atoms with Crippen molar-refractivity contribution in [2.45, 2.75) is 4.90 Å². The van der Waals surface area contributed by atoms with Gasteiger partial charge in [0.05, 0.1) is 10.5 Å². The van der Waals surface area contributed by atoms with Crippen molar-refractivity contribution in [2.75, 3.05) is 10.6 Å². The summed E-state index contributed by atoms with van der Waals surface area (Å²) in [5.41, 5.74) is 1.21. The molecule has 0 aliphatic carbocycles. The molecule has 0 saturated carbocycles. The predicted octanol–water partition coefficient (Wildman–Crippen LogP) is 1.84. The lowest BCUT2D eigenvalue weighted by molar-refractivity contribution is 0.0697. The standard InChI is InChI=1S/C14H13N3O4S2/c15-23(20,21)12-6-4-10(5-7-12)16-14(22)17-11-3-1-2-9(8-11)13(18)19/h1-8H,(H,18,19)(H2,15,20,21)(H2,16,17,22). The third kappa shape index (κ3) is 4.74. The molecule has 0 heterocycles. The van der Waals surface area contributed by atoms with Gasteiger partial charge in [-0.25, -0.2) is 18.4 Å². The molecule has 0 amide bonds. The van der Waals surface area contributed by atoms with Gasteiger partial charge in [-0.3, -0.25) is 0 Å². The predicted molar refractivity (Wildman–Crippen MR) is 91.1 cm³/mol. The second kappa shape index (κ2) is 6.73. The second-order valence-corrected chi connectivity index (χ2v) is 6.50. The highest BCUT2D eigenvalue weighted by Gasteiger charge is 2.08. The first-order valence-corrected chi connectivity index (χ1v) is 8.25. The highest BCUT2D eigenvalue weighted by Crippen LogP contribution is 2.14. The molecule has 5 N–H and O–H groups in total. The first kappa shape index (κ1) is 16.9. The van der Waals surface area contributed by atoms with E-state index in [1.54, 1.807) is 12.1 Å². The maximum atomic E-state index is 11.2. The lowest BCUT2D eigenvalue weighted by Gasteiger charge is -2.11. The Morgan fingerprint density at radius 2 is 1.65 bits per heavy atom. The summed E-state index contributed by atoms with van der Waals surface area (Å²) in [7, 11) is -3.74. The van der Waals surface area contributed by atoms with E-state index < -0.39 is 16.0 Å². The third-order valence-electron chi connectivity index (χ3n) is 2.81. The van der Waals surface area contributed by atoms with Gasteiger partial charge < -0.3 is 15.7 Å². The van der Waals surface area contributed by atoms with Crippen LogP contribution < -0.4 is 15.8 Å². The minimum Gasteiger partial charge on any atom is -0.478 e. The second-order valence-electron chi connectivity index (χ2n) is 4.53. The minimum atomic E-state index is -3.74. The molecule has 2 rings (SSSR count). The molecule has 2 aromatic carbocycles. The van der Waals surface area contributed by atoms with Crippen molar-refractivity contribution >= 4 is 44.7 Å². The van der Waals surface area contributed by atoms with E-state index in [4.69, 9.17) is 22.5 Å². The number of rotatable bonds is 4. The van der Waals surface area contributed by atoms with E-state index in [0.29, 0.717) is 11.4 Å². The Kier molecular flexibility index (Phi) is 4.94. The van der Waals surface area contributed by atoms with Gasteiger partial charge >= 0.3 is 5.97 Å². The summed E-state index contributed by atoms with van der Waals surface area (Å²) in [5.74, 6) is -1.04. The molecule has 0 spiro atoms. The van der Waals surface area contributed by atoms with Crippen molar-refractivity contribution in [3.05, 3.63) is 54.1 Å². The zero-order chi connectivity index (χ0) is 17.0. The normalized spacial score (nSPS) is 10.8. The van der Waals surface area contributed by atoms with Crippen LogP contribution in [-0.2, 0) is 10.0 Å². The lowest BCUT2D eigenvalue weighted by Crippen LogP contribution is -2.19. The van der Waals surface area contributed by atoms with Crippen LogP contribution >= 0.6 is 12.2 Å². The lowest BCUT2D eigenvalue weighted by atomic mass is 10.2. The first-order chi connectivity index (χ1) is 10.8. The average Bonchev–Trinajstić information content (AvgIpc) is 2.47. The maximum absolute atomic E-state index is 11.2. The molecule has 0 fully saturated rings. The van der Waals surface area contributed by atoms with Crippen LogP contribution in [0.1, 0.15) is 10.4 Å². The number of benzene rings is 2. The zero-order valence-corrected chi connectivity index (χ0v) is 13.3. The van der Waals surface area contributed by atoms with Crippen molar-refractivity contribution in [3.63, 3.8) is 0 Å². The molecule has 7 nitrogen and oxygen atoms in total. The van der Waals surface area contributed by atoms with Gasteiger partial charge in [0.25, 0.3) is 0 Å². The number of aromatic carboxylic acids is 1. The fourth-order valence-corrected chi connectivity index (χ4v) is 2.50. The fourth-order valence-electron chi connectivity index (χ4n) is 1.75. The van der Waals surface area contributed by atoms with Crippen LogP contribution in [0.4, 0.5) is 11.4 Å². The van der Waals surface area contributed by atoms with Crippen LogP contribution in [0.25, 0.3) is 0 Å². The molecule has 0 bridgehead atoms.